The number of aliphatic hydroxyl groups excluding tert-OH is 1. The molecule has 0 spiro atoms. The maximum atomic E-state index is 9.30. The van der Waals surface area contributed by atoms with E-state index in [1.165, 1.54) is 11.1 Å². The highest BCUT2D eigenvalue weighted by atomic mass is 16.3. The zero-order chi connectivity index (χ0) is 15.1. The van der Waals surface area contributed by atoms with E-state index in [0.29, 0.717) is 12.0 Å². The molecule has 2 aromatic carbocycles. The molecular formula is C19H25NO. The zero-order valence-corrected chi connectivity index (χ0v) is 12.9. The first-order chi connectivity index (χ1) is 10.2. The maximum Gasteiger partial charge on any atom is 0.0578 e. The lowest BCUT2D eigenvalue weighted by atomic mass is 9.94. The summed E-state index contributed by atoms with van der Waals surface area (Å²) in [6.45, 7) is 4.60. The standard InChI is InChI=1S/C19H25NO/c1-15(2)18(13-14-21)20-19(16-9-5-3-6-10-16)17-11-7-4-8-12-17/h3-12,15,18-21H,13-14H2,1-2H3. The monoisotopic (exact) mass is 283 g/mol. The Labute approximate surface area is 127 Å². The second kappa shape index (κ2) is 7.96. The van der Waals surface area contributed by atoms with Gasteiger partial charge in [-0.1, -0.05) is 74.5 Å². The molecule has 0 aliphatic rings. The Hall–Kier alpha value is -1.64. The molecule has 0 saturated heterocycles. The van der Waals surface area contributed by atoms with Crippen LogP contribution in [0.4, 0.5) is 0 Å². The molecule has 2 aromatic rings. The van der Waals surface area contributed by atoms with Crippen molar-refractivity contribution in [3.63, 3.8) is 0 Å². The molecule has 21 heavy (non-hydrogen) atoms. The van der Waals surface area contributed by atoms with Crippen molar-refractivity contribution in [3.8, 4) is 0 Å². The van der Waals surface area contributed by atoms with Crippen molar-refractivity contribution in [1.29, 1.82) is 0 Å². The molecule has 1 unspecified atom stereocenters. The summed E-state index contributed by atoms with van der Waals surface area (Å²) < 4.78 is 0. The summed E-state index contributed by atoms with van der Waals surface area (Å²) in [6.07, 6.45) is 0.772. The molecule has 0 fully saturated rings. The van der Waals surface area contributed by atoms with Gasteiger partial charge in [-0.3, -0.25) is 0 Å². The third kappa shape index (κ3) is 4.42. The van der Waals surface area contributed by atoms with Gasteiger partial charge in [0.25, 0.3) is 0 Å². The third-order valence-electron chi connectivity index (χ3n) is 3.89. The molecule has 0 heterocycles. The predicted octanol–water partition coefficient (Wildman–Crippen LogP) is 3.77. The molecule has 0 bridgehead atoms. The van der Waals surface area contributed by atoms with Crippen LogP contribution in [0.2, 0.25) is 0 Å². The zero-order valence-electron chi connectivity index (χ0n) is 12.9. The first-order valence-corrected chi connectivity index (χ1v) is 7.69. The van der Waals surface area contributed by atoms with Crippen LogP contribution in [0.25, 0.3) is 0 Å². The molecule has 112 valence electrons. The summed E-state index contributed by atoms with van der Waals surface area (Å²) in [6, 6.07) is 21.4. The highest BCUT2D eigenvalue weighted by Gasteiger charge is 2.20. The van der Waals surface area contributed by atoms with E-state index in [-0.39, 0.29) is 12.6 Å². The van der Waals surface area contributed by atoms with Gasteiger partial charge < -0.3 is 10.4 Å². The lowest BCUT2D eigenvalue weighted by Gasteiger charge is -2.29. The molecule has 0 amide bonds. The Morgan fingerprint density at radius 2 is 1.33 bits per heavy atom. The Balaban J connectivity index is 2.28. The Morgan fingerprint density at radius 1 is 0.857 bits per heavy atom. The van der Waals surface area contributed by atoms with Gasteiger partial charge in [0.2, 0.25) is 0 Å². The summed E-state index contributed by atoms with van der Waals surface area (Å²) in [5.74, 6) is 0.479. The molecule has 1 atom stereocenters. The molecule has 2 nitrogen and oxygen atoms in total. The number of rotatable bonds is 7. The van der Waals surface area contributed by atoms with Gasteiger partial charge in [0.05, 0.1) is 6.04 Å². The maximum absolute atomic E-state index is 9.30. The first-order valence-electron chi connectivity index (χ1n) is 7.69. The average Bonchev–Trinajstić information content (AvgIpc) is 2.53. The quantitative estimate of drug-likeness (QED) is 0.810. The largest absolute Gasteiger partial charge is 0.396 e. The fraction of sp³-hybridized carbons (Fsp3) is 0.368. The van der Waals surface area contributed by atoms with Crippen LogP contribution in [-0.2, 0) is 0 Å². The number of hydrogen-bond acceptors (Lipinski definition) is 2. The van der Waals surface area contributed by atoms with E-state index in [2.05, 4.69) is 67.7 Å². The van der Waals surface area contributed by atoms with Gasteiger partial charge in [-0.05, 0) is 23.5 Å². The first kappa shape index (κ1) is 15.7. The lowest BCUT2D eigenvalue weighted by Crippen LogP contribution is -2.38. The van der Waals surface area contributed by atoms with Crippen LogP contribution in [0.5, 0.6) is 0 Å². The Bertz CT molecular complexity index is 470. The van der Waals surface area contributed by atoms with Crippen molar-refractivity contribution in [2.75, 3.05) is 6.61 Å². The molecule has 0 aromatic heterocycles. The number of benzene rings is 2. The predicted molar refractivity (Wildman–Crippen MR) is 88.2 cm³/mol. The SMILES string of the molecule is CC(C)C(CCO)NC(c1ccccc1)c1ccccc1. The molecule has 2 N–H and O–H groups in total. The van der Waals surface area contributed by atoms with Crippen molar-refractivity contribution in [2.24, 2.45) is 5.92 Å². The summed E-state index contributed by atoms with van der Waals surface area (Å²) in [7, 11) is 0. The van der Waals surface area contributed by atoms with Crippen molar-refractivity contribution < 1.29 is 5.11 Å². The van der Waals surface area contributed by atoms with E-state index < -0.39 is 0 Å². The summed E-state index contributed by atoms with van der Waals surface area (Å²) >= 11 is 0. The lowest BCUT2D eigenvalue weighted by molar-refractivity contribution is 0.239. The average molecular weight is 283 g/mol. The fourth-order valence-corrected chi connectivity index (χ4v) is 2.64. The molecular weight excluding hydrogens is 258 g/mol. The van der Waals surface area contributed by atoms with E-state index in [1.807, 2.05) is 12.1 Å². The van der Waals surface area contributed by atoms with Crippen molar-refractivity contribution in [3.05, 3.63) is 71.8 Å². The molecule has 0 saturated carbocycles. The summed E-state index contributed by atoms with van der Waals surface area (Å²) in [4.78, 5) is 0. The third-order valence-corrected chi connectivity index (χ3v) is 3.89. The van der Waals surface area contributed by atoms with Gasteiger partial charge >= 0.3 is 0 Å². The molecule has 2 rings (SSSR count). The van der Waals surface area contributed by atoms with Crippen molar-refractivity contribution in [1.82, 2.24) is 5.32 Å². The second-order valence-corrected chi connectivity index (χ2v) is 5.78. The molecule has 0 radical (unpaired) electrons. The minimum Gasteiger partial charge on any atom is -0.396 e. The van der Waals surface area contributed by atoms with E-state index in [0.717, 1.165) is 6.42 Å². The van der Waals surface area contributed by atoms with Crippen LogP contribution in [0.3, 0.4) is 0 Å². The van der Waals surface area contributed by atoms with Crippen LogP contribution in [-0.4, -0.2) is 17.8 Å². The highest BCUT2D eigenvalue weighted by molar-refractivity contribution is 5.31. The smallest absolute Gasteiger partial charge is 0.0578 e. The topological polar surface area (TPSA) is 32.3 Å². The second-order valence-electron chi connectivity index (χ2n) is 5.78. The van der Waals surface area contributed by atoms with Gasteiger partial charge in [-0.25, -0.2) is 0 Å². The van der Waals surface area contributed by atoms with Crippen LogP contribution in [0.1, 0.15) is 37.4 Å². The minimum absolute atomic E-state index is 0.159. The van der Waals surface area contributed by atoms with Crippen LogP contribution < -0.4 is 5.32 Å². The van der Waals surface area contributed by atoms with E-state index in [1.54, 1.807) is 0 Å². The van der Waals surface area contributed by atoms with E-state index >= 15 is 0 Å². The number of aliphatic hydroxyl groups is 1. The van der Waals surface area contributed by atoms with Gasteiger partial charge in [0, 0.05) is 12.6 Å². The van der Waals surface area contributed by atoms with Crippen LogP contribution in [0.15, 0.2) is 60.7 Å². The van der Waals surface area contributed by atoms with Crippen molar-refractivity contribution in [2.45, 2.75) is 32.4 Å². The molecule has 0 aliphatic heterocycles. The van der Waals surface area contributed by atoms with Gasteiger partial charge in [-0.15, -0.1) is 0 Å². The summed E-state index contributed by atoms with van der Waals surface area (Å²) in [5, 5.41) is 13.0. The van der Waals surface area contributed by atoms with Crippen molar-refractivity contribution >= 4 is 0 Å². The normalized spacial score (nSPS) is 12.8. The Morgan fingerprint density at radius 3 is 1.71 bits per heavy atom. The fourth-order valence-electron chi connectivity index (χ4n) is 2.64. The molecule has 2 heteroatoms. The highest BCUT2D eigenvalue weighted by Crippen LogP contribution is 2.24. The number of nitrogens with one attached hydrogen (secondary N) is 1. The van der Waals surface area contributed by atoms with Gasteiger partial charge in [0.15, 0.2) is 0 Å². The van der Waals surface area contributed by atoms with Crippen LogP contribution >= 0.6 is 0 Å². The van der Waals surface area contributed by atoms with Gasteiger partial charge in [0.1, 0.15) is 0 Å². The van der Waals surface area contributed by atoms with E-state index in [4.69, 9.17) is 0 Å². The Kier molecular flexibility index (Phi) is 5.97. The van der Waals surface area contributed by atoms with Gasteiger partial charge in [-0.2, -0.15) is 0 Å². The summed E-state index contributed by atoms with van der Waals surface area (Å²) in [5.41, 5.74) is 2.51. The minimum atomic E-state index is 0.159. The van der Waals surface area contributed by atoms with Crippen LogP contribution in [0, 0.1) is 5.92 Å². The van der Waals surface area contributed by atoms with E-state index in [9.17, 15) is 5.11 Å². The molecule has 0 aliphatic carbocycles. The number of hydrogen-bond donors (Lipinski definition) is 2.